The Morgan fingerprint density at radius 3 is 2.72 bits per heavy atom. The van der Waals surface area contributed by atoms with Gasteiger partial charge < -0.3 is 20.4 Å². The molecule has 1 atom stereocenters. The number of nitrogens with one attached hydrogen (secondary N) is 3. The maximum atomic E-state index is 6.56. The van der Waals surface area contributed by atoms with Gasteiger partial charge in [0.05, 0.1) is 46.6 Å². The summed E-state index contributed by atoms with van der Waals surface area (Å²) in [5.41, 5.74) is 6.47. The molecule has 8 heteroatoms. The number of hydrogen-bond donors (Lipinski definition) is 3. The van der Waals surface area contributed by atoms with Gasteiger partial charge >= 0.3 is 0 Å². The highest BCUT2D eigenvalue weighted by Gasteiger charge is 2.32. The number of ether oxygens (including phenoxy) is 1. The van der Waals surface area contributed by atoms with E-state index >= 15 is 0 Å². The van der Waals surface area contributed by atoms with Gasteiger partial charge in [0.15, 0.2) is 0 Å². The number of aromatic amines is 1. The van der Waals surface area contributed by atoms with E-state index in [2.05, 4.69) is 20.6 Å². The Hall–Kier alpha value is -3.78. The lowest BCUT2D eigenvalue weighted by Gasteiger charge is -2.33. The number of H-pyrrole nitrogens is 1. The largest absolute Gasteiger partial charge is 0.366 e. The molecular formula is C28H25ClN6O. The molecule has 1 fully saturated rings. The Bertz CT molecular complexity index is 1530. The Balaban J connectivity index is 1.30. The van der Waals surface area contributed by atoms with E-state index in [4.69, 9.17) is 26.3 Å². The highest BCUT2D eigenvalue weighted by atomic mass is 35.5. The monoisotopic (exact) mass is 496 g/mol. The highest BCUT2D eigenvalue weighted by Crippen LogP contribution is 2.33. The number of hydrogen-bond acceptors (Lipinski definition) is 6. The number of nitrogens with zero attached hydrogens (tertiary/aromatic N) is 3. The molecule has 36 heavy (non-hydrogen) atoms. The van der Waals surface area contributed by atoms with Gasteiger partial charge in [-0.25, -0.2) is 9.97 Å². The maximum Gasteiger partial charge on any atom is 0.139 e. The zero-order chi connectivity index (χ0) is 24.5. The van der Waals surface area contributed by atoms with Crippen molar-refractivity contribution in [1.29, 1.82) is 0 Å². The molecule has 3 heterocycles. The van der Waals surface area contributed by atoms with Crippen molar-refractivity contribution in [3.05, 3.63) is 89.8 Å². The second-order valence-corrected chi connectivity index (χ2v) is 9.42. The molecule has 3 aromatic carbocycles. The fraction of sp³-hybridized carbons (Fsp3) is 0.179. The zero-order valence-electron chi connectivity index (χ0n) is 19.8. The van der Waals surface area contributed by atoms with Crippen LogP contribution in [-0.4, -0.2) is 39.6 Å². The summed E-state index contributed by atoms with van der Waals surface area (Å²) in [7, 11) is 0. The van der Waals surface area contributed by atoms with Crippen LogP contribution in [0, 0.1) is 0 Å². The van der Waals surface area contributed by atoms with Gasteiger partial charge in [0, 0.05) is 24.3 Å². The van der Waals surface area contributed by atoms with Gasteiger partial charge in [-0.1, -0.05) is 48.0 Å². The molecule has 1 saturated heterocycles. The number of benzene rings is 3. The molecule has 0 bridgehead atoms. The van der Waals surface area contributed by atoms with E-state index in [1.165, 1.54) is 0 Å². The molecule has 0 spiro atoms. The summed E-state index contributed by atoms with van der Waals surface area (Å²) in [5.74, 6) is 0.708. The van der Waals surface area contributed by atoms with Gasteiger partial charge in [-0.15, -0.1) is 0 Å². The fourth-order valence-corrected chi connectivity index (χ4v) is 4.66. The SMILES string of the molecule is CC1(c2cnc3c(Nc4ccc(Cl)c(-c5ncc(-c6ccccc6)[nH]5)c4)cccc3n2)CNCCO1. The Kier molecular flexibility index (Phi) is 5.89. The number of para-hydroxylation sites is 1. The Labute approximate surface area is 213 Å². The lowest BCUT2D eigenvalue weighted by molar-refractivity contribution is -0.0601. The minimum absolute atomic E-state index is 0.490. The minimum atomic E-state index is -0.490. The molecule has 7 nitrogen and oxygen atoms in total. The summed E-state index contributed by atoms with van der Waals surface area (Å²) in [6.45, 7) is 4.25. The summed E-state index contributed by atoms with van der Waals surface area (Å²) < 4.78 is 6.02. The summed E-state index contributed by atoms with van der Waals surface area (Å²) >= 11 is 6.56. The van der Waals surface area contributed by atoms with E-state index < -0.39 is 5.60 Å². The van der Waals surface area contributed by atoms with Crippen LogP contribution in [-0.2, 0) is 10.3 Å². The van der Waals surface area contributed by atoms with Crippen molar-refractivity contribution in [2.45, 2.75) is 12.5 Å². The number of fused-ring (bicyclic) bond motifs is 1. The van der Waals surface area contributed by atoms with Crippen LogP contribution in [0.3, 0.4) is 0 Å². The molecule has 0 radical (unpaired) electrons. The third-order valence-electron chi connectivity index (χ3n) is 6.44. The molecule has 180 valence electrons. The number of imidazole rings is 1. The number of aromatic nitrogens is 4. The summed E-state index contributed by atoms with van der Waals surface area (Å²) in [6, 6.07) is 21.8. The van der Waals surface area contributed by atoms with Gasteiger partial charge in [-0.05, 0) is 42.8 Å². The second-order valence-electron chi connectivity index (χ2n) is 9.02. The predicted octanol–water partition coefficient (Wildman–Crippen LogP) is 5.92. The third-order valence-corrected chi connectivity index (χ3v) is 6.77. The number of morpholine rings is 1. The first-order chi connectivity index (χ1) is 17.6. The molecule has 0 aliphatic carbocycles. The van der Waals surface area contributed by atoms with Crippen LogP contribution in [0.15, 0.2) is 79.1 Å². The first-order valence-corrected chi connectivity index (χ1v) is 12.3. The smallest absolute Gasteiger partial charge is 0.139 e. The van der Waals surface area contributed by atoms with Gasteiger partial charge in [0.2, 0.25) is 0 Å². The molecule has 2 aromatic heterocycles. The standard InChI is InChI=1S/C28H25ClN6O/c1-28(17-30-12-13-36-28)25-16-31-26-22(8-5-9-23(26)34-25)33-19-10-11-21(29)20(14-19)27-32-15-24(35-27)18-6-3-2-4-7-18/h2-11,14-16,30,33H,12-13,17H2,1H3,(H,32,35). The van der Waals surface area contributed by atoms with E-state index in [1.807, 2.05) is 86.0 Å². The van der Waals surface area contributed by atoms with Gasteiger partial charge in [-0.2, -0.15) is 0 Å². The molecule has 0 saturated carbocycles. The van der Waals surface area contributed by atoms with Crippen molar-refractivity contribution in [2.75, 3.05) is 25.0 Å². The highest BCUT2D eigenvalue weighted by molar-refractivity contribution is 6.33. The van der Waals surface area contributed by atoms with E-state index in [0.717, 1.165) is 51.5 Å². The average molecular weight is 497 g/mol. The minimum Gasteiger partial charge on any atom is -0.366 e. The van der Waals surface area contributed by atoms with Crippen molar-refractivity contribution in [3.63, 3.8) is 0 Å². The van der Waals surface area contributed by atoms with Crippen LogP contribution in [0.25, 0.3) is 33.7 Å². The molecule has 1 aliphatic heterocycles. The van der Waals surface area contributed by atoms with E-state index in [0.29, 0.717) is 24.0 Å². The van der Waals surface area contributed by atoms with Crippen molar-refractivity contribution in [1.82, 2.24) is 25.3 Å². The first-order valence-electron chi connectivity index (χ1n) is 11.9. The predicted molar refractivity (Wildman–Crippen MR) is 143 cm³/mol. The first kappa shape index (κ1) is 22.7. The Morgan fingerprint density at radius 2 is 1.89 bits per heavy atom. The van der Waals surface area contributed by atoms with Crippen LogP contribution in [0.1, 0.15) is 12.6 Å². The number of halogens is 1. The van der Waals surface area contributed by atoms with E-state index in [9.17, 15) is 0 Å². The van der Waals surface area contributed by atoms with Crippen molar-refractivity contribution < 1.29 is 4.74 Å². The summed E-state index contributed by atoms with van der Waals surface area (Å²) in [5, 5.41) is 7.48. The third kappa shape index (κ3) is 4.33. The van der Waals surface area contributed by atoms with Crippen LogP contribution >= 0.6 is 11.6 Å². The average Bonchev–Trinajstić information content (AvgIpc) is 3.41. The molecule has 3 N–H and O–H groups in total. The molecule has 1 aliphatic rings. The lowest BCUT2D eigenvalue weighted by Crippen LogP contribution is -2.46. The van der Waals surface area contributed by atoms with Gasteiger partial charge in [-0.3, -0.25) is 4.98 Å². The van der Waals surface area contributed by atoms with Crippen LogP contribution in [0.5, 0.6) is 0 Å². The molecule has 5 aromatic rings. The number of rotatable bonds is 5. The summed E-state index contributed by atoms with van der Waals surface area (Å²) in [6.07, 6.45) is 3.63. The van der Waals surface area contributed by atoms with Gasteiger partial charge in [0.25, 0.3) is 0 Å². The molecular weight excluding hydrogens is 472 g/mol. The Morgan fingerprint density at radius 1 is 1.00 bits per heavy atom. The lowest BCUT2D eigenvalue weighted by atomic mass is 10.0. The quantitative estimate of drug-likeness (QED) is 0.280. The van der Waals surface area contributed by atoms with Crippen LogP contribution < -0.4 is 10.6 Å². The number of anilines is 2. The molecule has 6 rings (SSSR count). The van der Waals surface area contributed by atoms with Crippen molar-refractivity contribution in [3.8, 4) is 22.6 Å². The van der Waals surface area contributed by atoms with E-state index in [1.54, 1.807) is 0 Å². The molecule has 0 amide bonds. The summed E-state index contributed by atoms with van der Waals surface area (Å²) in [4.78, 5) is 17.6. The van der Waals surface area contributed by atoms with Crippen molar-refractivity contribution in [2.24, 2.45) is 0 Å². The molecule has 1 unspecified atom stereocenters. The van der Waals surface area contributed by atoms with Crippen molar-refractivity contribution >= 4 is 34.0 Å². The van der Waals surface area contributed by atoms with E-state index in [-0.39, 0.29) is 0 Å². The van der Waals surface area contributed by atoms with Crippen LogP contribution in [0.4, 0.5) is 11.4 Å². The zero-order valence-corrected chi connectivity index (χ0v) is 20.5. The maximum absolute atomic E-state index is 6.56. The topological polar surface area (TPSA) is 87.8 Å². The van der Waals surface area contributed by atoms with Gasteiger partial charge in [0.1, 0.15) is 16.9 Å². The normalized spacial score (nSPS) is 17.8. The van der Waals surface area contributed by atoms with Crippen LogP contribution in [0.2, 0.25) is 5.02 Å². The fourth-order valence-electron chi connectivity index (χ4n) is 4.45. The second kappa shape index (κ2) is 9.35.